The predicted octanol–water partition coefficient (Wildman–Crippen LogP) is 3.37. The first-order valence-electron chi connectivity index (χ1n) is 10.5. The molecule has 0 spiro atoms. The van der Waals surface area contributed by atoms with Crippen molar-refractivity contribution in [3.05, 3.63) is 59.0 Å². The lowest BCUT2D eigenvalue weighted by Gasteiger charge is -2.14. The molecule has 9 nitrogen and oxygen atoms in total. The molecular weight excluding hydrogens is 508 g/mol. The Bertz CT molecular complexity index is 1270. The molecule has 0 saturated carbocycles. The van der Waals surface area contributed by atoms with Crippen molar-refractivity contribution in [1.29, 1.82) is 0 Å². The number of hydrogen-bond donors (Lipinski definition) is 2. The highest BCUT2D eigenvalue weighted by atomic mass is 32.2. The Balaban J connectivity index is 1.25. The molecular formula is C23H20N4O5S3. The SMILES string of the molecule is CCOc1ccc(/C=C2/SC(=S)N(CC(=O)NNC(=O)CSc3nc4ccccc4o3)C2=O)cc1. The average molecular weight is 529 g/mol. The molecule has 3 amide bonds. The molecule has 35 heavy (non-hydrogen) atoms. The molecule has 0 radical (unpaired) electrons. The Hall–Kier alpha value is -3.35. The molecule has 1 aliphatic heterocycles. The van der Waals surface area contributed by atoms with Gasteiger partial charge >= 0.3 is 0 Å². The zero-order valence-electron chi connectivity index (χ0n) is 18.5. The lowest BCUT2D eigenvalue weighted by atomic mass is 10.2. The lowest BCUT2D eigenvalue weighted by molar-refractivity contribution is -0.131. The van der Waals surface area contributed by atoms with Gasteiger partial charge in [-0.2, -0.15) is 0 Å². The minimum absolute atomic E-state index is 0.0149. The van der Waals surface area contributed by atoms with E-state index in [0.29, 0.717) is 27.8 Å². The summed E-state index contributed by atoms with van der Waals surface area (Å²) >= 11 is 7.48. The first-order valence-corrected chi connectivity index (χ1v) is 12.7. The molecule has 1 saturated heterocycles. The maximum absolute atomic E-state index is 12.7. The number of aromatic nitrogens is 1. The zero-order valence-corrected chi connectivity index (χ0v) is 20.9. The minimum atomic E-state index is -0.580. The summed E-state index contributed by atoms with van der Waals surface area (Å²) in [6.45, 7) is 2.15. The molecule has 4 rings (SSSR count). The van der Waals surface area contributed by atoms with Gasteiger partial charge in [-0.1, -0.05) is 60.0 Å². The van der Waals surface area contributed by atoms with Crippen LogP contribution in [-0.4, -0.2) is 50.8 Å². The van der Waals surface area contributed by atoms with E-state index in [9.17, 15) is 14.4 Å². The Morgan fingerprint density at radius 3 is 2.66 bits per heavy atom. The van der Waals surface area contributed by atoms with Crippen LogP contribution in [0.2, 0.25) is 0 Å². The van der Waals surface area contributed by atoms with Crippen LogP contribution < -0.4 is 15.6 Å². The zero-order chi connectivity index (χ0) is 24.8. The lowest BCUT2D eigenvalue weighted by Crippen LogP contribution is -2.47. The molecule has 3 aromatic rings. The van der Waals surface area contributed by atoms with Crippen LogP contribution in [0.15, 0.2) is 63.1 Å². The maximum atomic E-state index is 12.7. The molecule has 1 aliphatic rings. The third kappa shape index (κ3) is 6.41. The van der Waals surface area contributed by atoms with Gasteiger partial charge in [0.15, 0.2) is 5.58 Å². The fourth-order valence-corrected chi connectivity index (χ4v) is 4.91. The predicted molar refractivity (Wildman–Crippen MR) is 139 cm³/mol. The molecule has 2 aromatic carbocycles. The Labute approximate surface area is 214 Å². The van der Waals surface area contributed by atoms with Crippen molar-refractivity contribution in [2.24, 2.45) is 0 Å². The summed E-state index contributed by atoms with van der Waals surface area (Å²) < 4.78 is 11.2. The van der Waals surface area contributed by atoms with E-state index < -0.39 is 11.8 Å². The third-order valence-corrected chi connectivity index (χ3v) is 6.81. The van der Waals surface area contributed by atoms with Gasteiger partial charge in [0.25, 0.3) is 17.0 Å². The molecule has 1 fully saturated rings. The van der Waals surface area contributed by atoms with Gasteiger partial charge in [-0.25, -0.2) is 4.98 Å². The van der Waals surface area contributed by atoms with Crippen LogP contribution in [-0.2, 0) is 14.4 Å². The number of rotatable bonds is 8. The van der Waals surface area contributed by atoms with Crippen molar-refractivity contribution in [2.45, 2.75) is 12.1 Å². The number of ether oxygens (including phenoxy) is 1. The number of thioether (sulfide) groups is 2. The standard InChI is InChI=1S/C23H20N4O5S3/c1-2-31-15-9-7-14(8-10-15)11-18-21(30)27(23(33)35-18)12-19(28)25-26-20(29)13-34-22-24-16-5-3-4-6-17(16)32-22/h3-11H,2,12-13H2,1H3,(H,25,28)(H,26,29)/b18-11+. The summed E-state index contributed by atoms with van der Waals surface area (Å²) in [5.74, 6) is -0.681. The van der Waals surface area contributed by atoms with Crippen LogP contribution in [0, 0.1) is 0 Å². The van der Waals surface area contributed by atoms with Crippen LogP contribution in [0.3, 0.4) is 0 Å². The Kier molecular flexibility index (Phi) is 8.06. The number of amides is 3. The molecule has 0 bridgehead atoms. The smallest absolute Gasteiger partial charge is 0.266 e. The number of thiocarbonyl (C=S) groups is 1. The number of carbonyl (C=O) groups excluding carboxylic acids is 3. The Morgan fingerprint density at radius 1 is 1.17 bits per heavy atom. The van der Waals surface area contributed by atoms with Crippen molar-refractivity contribution in [3.63, 3.8) is 0 Å². The summed E-state index contributed by atoms with van der Waals surface area (Å²) in [6.07, 6.45) is 1.71. The minimum Gasteiger partial charge on any atom is -0.494 e. The van der Waals surface area contributed by atoms with Crippen LogP contribution in [0.5, 0.6) is 5.75 Å². The number of carbonyl (C=O) groups is 3. The van der Waals surface area contributed by atoms with Crippen molar-refractivity contribution in [3.8, 4) is 5.75 Å². The van der Waals surface area contributed by atoms with Gasteiger partial charge in [-0.15, -0.1) is 0 Å². The topological polar surface area (TPSA) is 114 Å². The number of hydrazine groups is 1. The molecule has 0 atom stereocenters. The number of hydrogen-bond acceptors (Lipinski definition) is 9. The molecule has 0 unspecified atom stereocenters. The normalized spacial score (nSPS) is 14.5. The van der Waals surface area contributed by atoms with E-state index in [0.717, 1.165) is 34.8 Å². The summed E-state index contributed by atoms with van der Waals surface area (Å²) in [7, 11) is 0. The largest absolute Gasteiger partial charge is 0.494 e. The molecule has 1 aromatic heterocycles. The fourth-order valence-electron chi connectivity index (χ4n) is 3.01. The highest BCUT2D eigenvalue weighted by molar-refractivity contribution is 8.26. The number of benzene rings is 2. The van der Waals surface area contributed by atoms with E-state index in [2.05, 4.69) is 15.8 Å². The fraction of sp³-hybridized carbons (Fsp3) is 0.174. The van der Waals surface area contributed by atoms with E-state index in [4.69, 9.17) is 21.4 Å². The number of para-hydroxylation sites is 2. The first kappa shape index (κ1) is 24.8. The van der Waals surface area contributed by atoms with Crippen molar-refractivity contribution < 1.29 is 23.5 Å². The monoisotopic (exact) mass is 528 g/mol. The van der Waals surface area contributed by atoms with Gasteiger partial charge in [0, 0.05) is 0 Å². The second kappa shape index (κ2) is 11.4. The quantitative estimate of drug-likeness (QED) is 0.197. The van der Waals surface area contributed by atoms with E-state index in [1.165, 1.54) is 4.90 Å². The second-order valence-electron chi connectivity index (χ2n) is 7.10. The summed E-state index contributed by atoms with van der Waals surface area (Å²) in [5.41, 5.74) is 6.74. The van der Waals surface area contributed by atoms with Crippen LogP contribution in [0.1, 0.15) is 12.5 Å². The van der Waals surface area contributed by atoms with Crippen molar-refractivity contribution >= 4 is 75.0 Å². The van der Waals surface area contributed by atoms with Gasteiger partial charge in [0.1, 0.15) is 22.1 Å². The van der Waals surface area contributed by atoms with Crippen molar-refractivity contribution in [2.75, 3.05) is 18.9 Å². The van der Waals surface area contributed by atoms with Crippen LogP contribution >= 0.6 is 35.7 Å². The number of fused-ring (bicyclic) bond motifs is 1. The van der Waals surface area contributed by atoms with E-state index in [1.807, 2.05) is 49.4 Å². The van der Waals surface area contributed by atoms with E-state index >= 15 is 0 Å². The summed E-state index contributed by atoms with van der Waals surface area (Å²) in [4.78, 5) is 43.0. The van der Waals surface area contributed by atoms with Crippen LogP contribution in [0.25, 0.3) is 17.2 Å². The first-order chi connectivity index (χ1) is 16.9. The van der Waals surface area contributed by atoms with Gasteiger partial charge in [-0.3, -0.25) is 30.1 Å². The van der Waals surface area contributed by atoms with Gasteiger partial charge < -0.3 is 9.15 Å². The number of nitrogens with one attached hydrogen (secondary N) is 2. The summed E-state index contributed by atoms with van der Waals surface area (Å²) in [5, 5.41) is 0.351. The third-order valence-electron chi connectivity index (χ3n) is 4.61. The Morgan fingerprint density at radius 2 is 1.91 bits per heavy atom. The van der Waals surface area contributed by atoms with E-state index in [-0.39, 0.29) is 22.5 Å². The molecule has 2 heterocycles. The highest BCUT2D eigenvalue weighted by Crippen LogP contribution is 2.32. The summed E-state index contributed by atoms with van der Waals surface area (Å²) in [6, 6.07) is 14.6. The maximum Gasteiger partial charge on any atom is 0.266 e. The molecule has 0 aliphatic carbocycles. The molecule has 180 valence electrons. The van der Waals surface area contributed by atoms with Gasteiger partial charge in [0.05, 0.1) is 17.3 Å². The molecule has 12 heteroatoms. The molecule has 2 N–H and O–H groups in total. The average Bonchev–Trinajstić information content (AvgIpc) is 3.38. The number of nitrogens with zero attached hydrogens (tertiary/aromatic N) is 2. The van der Waals surface area contributed by atoms with Crippen molar-refractivity contribution in [1.82, 2.24) is 20.7 Å². The van der Waals surface area contributed by atoms with Gasteiger partial charge in [0.2, 0.25) is 5.91 Å². The van der Waals surface area contributed by atoms with E-state index in [1.54, 1.807) is 12.1 Å². The second-order valence-corrected chi connectivity index (χ2v) is 9.70. The highest BCUT2D eigenvalue weighted by Gasteiger charge is 2.33. The van der Waals surface area contributed by atoms with Crippen LogP contribution in [0.4, 0.5) is 0 Å². The van der Waals surface area contributed by atoms with Gasteiger partial charge in [-0.05, 0) is 42.8 Å². The number of oxazole rings is 1.